The molecule has 21 heavy (non-hydrogen) atoms. The van der Waals surface area contributed by atoms with Gasteiger partial charge in [0.1, 0.15) is 5.69 Å². The molecule has 1 saturated heterocycles. The van der Waals surface area contributed by atoms with Gasteiger partial charge in [0.05, 0.1) is 17.9 Å². The lowest BCUT2D eigenvalue weighted by Crippen LogP contribution is -2.60. The van der Waals surface area contributed by atoms with Gasteiger partial charge in [-0.25, -0.2) is 4.98 Å². The van der Waals surface area contributed by atoms with E-state index in [1.165, 1.54) is 12.3 Å². The molecule has 1 amide bonds. The molecule has 0 radical (unpaired) electrons. The van der Waals surface area contributed by atoms with Crippen LogP contribution in [-0.4, -0.2) is 30.0 Å². The molecule has 0 aliphatic carbocycles. The number of nitrogens with zero attached hydrogens (tertiary/aromatic N) is 2. The van der Waals surface area contributed by atoms with Crippen LogP contribution >= 0.6 is 0 Å². The lowest BCUT2D eigenvalue weighted by Gasteiger charge is -2.42. The fourth-order valence-electron chi connectivity index (χ4n) is 1.92. The van der Waals surface area contributed by atoms with Gasteiger partial charge in [0.15, 0.2) is 0 Å². The Hall–Kier alpha value is -1.79. The van der Waals surface area contributed by atoms with Gasteiger partial charge in [0.25, 0.3) is 0 Å². The van der Waals surface area contributed by atoms with E-state index in [-0.39, 0.29) is 11.9 Å². The van der Waals surface area contributed by atoms with Crippen LogP contribution in [0.15, 0.2) is 18.3 Å². The highest BCUT2D eigenvalue weighted by Crippen LogP contribution is 2.29. The van der Waals surface area contributed by atoms with Crippen molar-refractivity contribution in [1.29, 1.82) is 0 Å². The van der Waals surface area contributed by atoms with E-state index in [0.717, 1.165) is 6.07 Å². The van der Waals surface area contributed by atoms with Crippen molar-refractivity contribution in [2.24, 2.45) is 5.41 Å². The summed E-state index contributed by atoms with van der Waals surface area (Å²) in [4.78, 5) is 17.1. The van der Waals surface area contributed by atoms with Crippen LogP contribution in [0.1, 0.15) is 26.5 Å². The Balaban J connectivity index is 1.89. The standard InChI is InChI=1S/C14H18F3N3O/c1-13(2,3)12(21)19-9-7-20(8-9)10-4-5-11(18-6-10)14(15,16)17/h4-6,9H,7-8H2,1-3H3,(H,19,21). The fraction of sp³-hybridized carbons (Fsp3) is 0.571. The number of hydrogen-bond donors (Lipinski definition) is 1. The van der Waals surface area contributed by atoms with Crippen LogP contribution in [-0.2, 0) is 11.0 Å². The first kappa shape index (κ1) is 15.6. The van der Waals surface area contributed by atoms with E-state index in [0.29, 0.717) is 18.8 Å². The van der Waals surface area contributed by atoms with Gasteiger partial charge in [-0.1, -0.05) is 20.8 Å². The summed E-state index contributed by atoms with van der Waals surface area (Å²) in [5.74, 6) is -0.0299. The van der Waals surface area contributed by atoms with Crippen molar-refractivity contribution in [2.75, 3.05) is 18.0 Å². The molecule has 0 aromatic carbocycles. The molecular weight excluding hydrogens is 283 g/mol. The van der Waals surface area contributed by atoms with Crippen molar-refractivity contribution >= 4 is 11.6 Å². The summed E-state index contributed by atoms with van der Waals surface area (Å²) >= 11 is 0. The molecule has 0 spiro atoms. The third-order valence-electron chi connectivity index (χ3n) is 3.30. The molecule has 116 valence electrons. The number of nitrogens with one attached hydrogen (secondary N) is 1. The van der Waals surface area contributed by atoms with Crippen LogP contribution in [0.2, 0.25) is 0 Å². The molecule has 1 aromatic rings. The summed E-state index contributed by atoms with van der Waals surface area (Å²) in [6, 6.07) is 2.40. The molecule has 1 N–H and O–H groups in total. The normalized spacial score (nSPS) is 16.6. The number of carbonyl (C=O) groups excluding carboxylic acids is 1. The zero-order chi connectivity index (χ0) is 15.8. The van der Waals surface area contributed by atoms with Crippen molar-refractivity contribution in [3.8, 4) is 0 Å². The highest BCUT2D eigenvalue weighted by atomic mass is 19.4. The SMILES string of the molecule is CC(C)(C)C(=O)NC1CN(c2ccc(C(F)(F)F)nc2)C1. The van der Waals surface area contributed by atoms with Crippen molar-refractivity contribution in [1.82, 2.24) is 10.3 Å². The Bertz CT molecular complexity index is 514. The van der Waals surface area contributed by atoms with Crippen LogP contribution in [0.5, 0.6) is 0 Å². The topological polar surface area (TPSA) is 45.2 Å². The molecule has 0 unspecified atom stereocenters. The second-order valence-corrected chi connectivity index (χ2v) is 6.22. The average molecular weight is 301 g/mol. The van der Waals surface area contributed by atoms with Crippen LogP contribution < -0.4 is 10.2 Å². The summed E-state index contributed by atoms with van der Waals surface area (Å²) in [5.41, 5.74) is -0.718. The van der Waals surface area contributed by atoms with E-state index < -0.39 is 17.3 Å². The van der Waals surface area contributed by atoms with Gasteiger partial charge in [-0.05, 0) is 12.1 Å². The van der Waals surface area contributed by atoms with E-state index in [1.807, 2.05) is 25.7 Å². The Labute approximate surface area is 121 Å². The maximum atomic E-state index is 12.4. The summed E-state index contributed by atoms with van der Waals surface area (Å²) in [6.07, 6.45) is -3.21. The van der Waals surface area contributed by atoms with Crippen LogP contribution in [0.3, 0.4) is 0 Å². The average Bonchev–Trinajstić information content (AvgIpc) is 2.30. The summed E-state index contributed by atoms with van der Waals surface area (Å²) in [6.45, 7) is 6.65. The van der Waals surface area contributed by atoms with E-state index in [1.54, 1.807) is 0 Å². The van der Waals surface area contributed by atoms with Gasteiger partial charge in [0, 0.05) is 18.5 Å². The van der Waals surface area contributed by atoms with Crippen molar-refractivity contribution < 1.29 is 18.0 Å². The first-order chi connectivity index (χ1) is 9.57. The number of aromatic nitrogens is 1. The highest BCUT2D eigenvalue weighted by Gasteiger charge is 2.34. The number of hydrogen-bond acceptors (Lipinski definition) is 3. The number of halogens is 3. The van der Waals surface area contributed by atoms with Gasteiger partial charge in [-0.3, -0.25) is 4.79 Å². The lowest BCUT2D eigenvalue weighted by atomic mass is 9.94. The molecule has 7 heteroatoms. The van der Waals surface area contributed by atoms with Gasteiger partial charge >= 0.3 is 6.18 Å². The molecule has 1 aromatic heterocycles. The van der Waals surface area contributed by atoms with E-state index >= 15 is 0 Å². The molecule has 0 bridgehead atoms. The van der Waals surface area contributed by atoms with Crippen LogP contribution in [0, 0.1) is 5.41 Å². The minimum Gasteiger partial charge on any atom is -0.366 e. The number of anilines is 1. The first-order valence-corrected chi connectivity index (χ1v) is 6.66. The Morgan fingerprint density at radius 3 is 2.33 bits per heavy atom. The second-order valence-electron chi connectivity index (χ2n) is 6.22. The van der Waals surface area contributed by atoms with Crippen molar-refractivity contribution in [3.63, 3.8) is 0 Å². The summed E-state index contributed by atoms with van der Waals surface area (Å²) < 4.78 is 37.2. The predicted molar refractivity (Wildman–Crippen MR) is 72.8 cm³/mol. The smallest absolute Gasteiger partial charge is 0.366 e. The monoisotopic (exact) mass is 301 g/mol. The molecule has 1 aliphatic heterocycles. The zero-order valence-corrected chi connectivity index (χ0v) is 12.2. The molecule has 4 nitrogen and oxygen atoms in total. The third-order valence-corrected chi connectivity index (χ3v) is 3.30. The number of pyridine rings is 1. The largest absolute Gasteiger partial charge is 0.433 e. The maximum absolute atomic E-state index is 12.4. The molecule has 0 atom stereocenters. The maximum Gasteiger partial charge on any atom is 0.433 e. The van der Waals surface area contributed by atoms with Crippen LogP contribution in [0.25, 0.3) is 0 Å². The van der Waals surface area contributed by atoms with Gasteiger partial charge in [0.2, 0.25) is 5.91 Å². The second kappa shape index (κ2) is 5.20. The Morgan fingerprint density at radius 1 is 1.29 bits per heavy atom. The minimum absolute atomic E-state index is 0.0269. The quantitative estimate of drug-likeness (QED) is 0.912. The lowest BCUT2D eigenvalue weighted by molar-refractivity contribution is -0.141. The summed E-state index contributed by atoms with van der Waals surface area (Å²) in [7, 11) is 0. The van der Waals surface area contributed by atoms with E-state index in [2.05, 4.69) is 10.3 Å². The number of carbonyl (C=O) groups is 1. The van der Waals surface area contributed by atoms with Crippen LogP contribution in [0.4, 0.5) is 18.9 Å². The van der Waals surface area contributed by atoms with Gasteiger partial charge in [-0.15, -0.1) is 0 Å². The number of rotatable bonds is 2. The van der Waals surface area contributed by atoms with Crippen molar-refractivity contribution in [2.45, 2.75) is 33.0 Å². The molecule has 1 aliphatic rings. The molecular formula is C14H18F3N3O. The first-order valence-electron chi connectivity index (χ1n) is 6.66. The van der Waals surface area contributed by atoms with Crippen molar-refractivity contribution in [3.05, 3.63) is 24.0 Å². The van der Waals surface area contributed by atoms with E-state index in [4.69, 9.17) is 0 Å². The Kier molecular flexibility index (Phi) is 3.86. The van der Waals surface area contributed by atoms with E-state index in [9.17, 15) is 18.0 Å². The molecule has 2 heterocycles. The fourth-order valence-corrected chi connectivity index (χ4v) is 1.92. The molecule has 2 rings (SSSR count). The zero-order valence-electron chi connectivity index (χ0n) is 12.2. The molecule has 1 fully saturated rings. The summed E-state index contributed by atoms with van der Waals surface area (Å²) in [5, 5.41) is 2.91. The number of alkyl halides is 3. The molecule has 0 saturated carbocycles. The third kappa shape index (κ3) is 3.65. The van der Waals surface area contributed by atoms with Gasteiger partial charge < -0.3 is 10.2 Å². The number of amides is 1. The Morgan fingerprint density at radius 2 is 1.90 bits per heavy atom. The predicted octanol–water partition coefficient (Wildman–Crippen LogP) is 2.45. The minimum atomic E-state index is -4.42. The highest BCUT2D eigenvalue weighted by molar-refractivity contribution is 5.82. The van der Waals surface area contributed by atoms with Gasteiger partial charge in [-0.2, -0.15) is 13.2 Å².